The number of nitriles is 1. The number of methoxy groups -OCH3 is 1. The molecular weight excluding hydrogens is 555 g/mol. The van der Waals surface area contributed by atoms with Crippen LogP contribution in [0.4, 0.5) is 5.69 Å². The maximum Gasteiger partial charge on any atom is 0.266 e. The molecule has 7 heteroatoms. The molecule has 0 fully saturated rings. The topological polar surface area (TPSA) is 91.6 Å². The summed E-state index contributed by atoms with van der Waals surface area (Å²) >= 11 is 2.15. The minimum Gasteiger partial charge on any atom is -0.508 e. The molecule has 0 unspecified atom stereocenters. The molecule has 0 aromatic heterocycles. The van der Waals surface area contributed by atoms with Gasteiger partial charge in [0, 0.05) is 5.69 Å². The van der Waals surface area contributed by atoms with E-state index in [4.69, 9.17) is 9.47 Å². The molecule has 0 radical (unpaired) electrons. The van der Waals surface area contributed by atoms with E-state index in [2.05, 4.69) is 46.1 Å². The summed E-state index contributed by atoms with van der Waals surface area (Å²) in [6.45, 7) is 0.362. The van der Waals surface area contributed by atoms with Crippen molar-refractivity contribution in [3.63, 3.8) is 0 Å². The third-order valence-electron chi connectivity index (χ3n) is 5.30. The van der Waals surface area contributed by atoms with Crippen LogP contribution in [0.15, 0.2) is 84.4 Å². The van der Waals surface area contributed by atoms with Gasteiger partial charge in [0.05, 0.1) is 10.7 Å². The van der Waals surface area contributed by atoms with E-state index in [1.165, 1.54) is 18.2 Å². The number of nitrogens with zero attached hydrogens (tertiary/aromatic N) is 1. The van der Waals surface area contributed by atoms with Crippen molar-refractivity contribution in [1.82, 2.24) is 0 Å². The van der Waals surface area contributed by atoms with E-state index in [1.54, 1.807) is 25.3 Å². The first-order chi connectivity index (χ1) is 17.0. The molecule has 4 aromatic rings. The van der Waals surface area contributed by atoms with E-state index in [-0.39, 0.29) is 11.3 Å². The van der Waals surface area contributed by atoms with Gasteiger partial charge in [-0.05, 0) is 87.0 Å². The second-order valence-corrected chi connectivity index (χ2v) is 8.79. The van der Waals surface area contributed by atoms with Gasteiger partial charge < -0.3 is 19.9 Å². The number of aromatic hydroxyl groups is 1. The average Bonchev–Trinajstić information content (AvgIpc) is 2.87. The number of hydrogen-bond acceptors (Lipinski definition) is 5. The molecular formula is C28H21IN2O4. The fraction of sp³-hybridized carbons (Fsp3) is 0.0714. The largest absolute Gasteiger partial charge is 0.508 e. The molecule has 0 aliphatic carbocycles. The number of halogens is 1. The Morgan fingerprint density at radius 2 is 1.83 bits per heavy atom. The van der Waals surface area contributed by atoms with Gasteiger partial charge in [0.2, 0.25) is 0 Å². The SMILES string of the molecule is COc1cc(/C=C(\C#N)C(=O)Nc2ccc(O)cc2)cc(I)c1OCc1cccc2ccccc12. The van der Waals surface area contributed by atoms with E-state index in [9.17, 15) is 15.2 Å². The molecule has 1 amide bonds. The second-order valence-electron chi connectivity index (χ2n) is 7.63. The van der Waals surface area contributed by atoms with Crippen LogP contribution in [-0.2, 0) is 11.4 Å². The Labute approximate surface area is 216 Å². The lowest BCUT2D eigenvalue weighted by Crippen LogP contribution is -2.13. The van der Waals surface area contributed by atoms with Crippen LogP contribution in [0, 0.1) is 14.9 Å². The molecule has 174 valence electrons. The lowest BCUT2D eigenvalue weighted by Gasteiger charge is -2.15. The standard InChI is InChI=1S/C28H21IN2O4/c1-34-26-15-18(13-21(16-30)28(33)31-22-9-11-23(32)12-10-22)14-25(29)27(26)35-17-20-7-4-6-19-5-2-3-8-24(19)20/h2-15,32H,17H2,1H3,(H,31,33)/b21-13+. The Morgan fingerprint density at radius 1 is 1.09 bits per heavy atom. The third kappa shape index (κ3) is 5.73. The van der Waals surface area contributed by atoms with Crippen molar-refractivity contribution in [2.24, 2.45) is 0 Å². The minimum atomic E-state index is -0.552. The summed E-state index contributed by atoms with van der Waals surface area (Å²) in [5.41, 5.74) is 2.09. The normalized spacial score (nSPS) is 11.1. The van der Waals surface area contributed by atoms with E-state index in [1.807, 2.05) is 36.4 Å². The van der Waals surface area contributed by atoms with Gasteiger partial charge in [0.15, 0.2) is 11.5 Å². The maximum atomic E-state index is 12.6. The molecule has 0 saturated heterocycles. The summed E-state index contributed by atoms with van der Waals surface area (Å²) in [5, 5.41) is 23.9. The number of amides is 1. The van der Waals surface area contributed by atoms with Crippen LogP contribution in [0.5, 0.6) is 17.2 Å². The van der Waals surface area contributed by atoms with Crippen molar-refractivity contribution in [3.05, 3.63) is 99.1 Å². The molecule has 0 saturated carbocycles. The van der Waals surface area contributed by atoms with Crippen LogP contribution in [0.25, 0.3) is 16.8 Å². The van der Waals surface area contributed by atoms with Crippen LogP contribution in [0.1, 0.15) is 11.1 Å². The van der Waals surface area contributed by atoms with Crippen LogP contribution in [0.3, 0.4) is 0 Å². The van der Waals surface area contributed by atoms with Crippen molar-refractivity contribution in [2.75, 3.05) is 12.4 Å². The Balaban J connectivity index is 1.56. The fourth-order valence-corrected chi connectivity index (χ4v) is 4.37. The first kappa shape index (κ1) is 24.1. The fourth-order valence-electron chi connectivity index (χ4n) is 3.59. The molecule has 0 heterocycles. The molecule has 0 atom stereocenters. The first-order valence-electron chi connectivity index (χ1n) is 10.7. The molecule has 4 rings (SSSR count). The lowest BCUT2D eigenvalue weighted by molar-refractivity contribution is -0.112. The van der Waals surface area contributed by atoms with Crippen LogP contribution < -0.4 is 14.8 Å². The number of fused-ring (bicyclic) bond motifs is 1. The van der Waals surface area contributed by atoms with Crippen molar-refractivity contribution in [1.29, 1.82) is 5.26 Å². The Bertz CT molecular complexity index is 1450. The van der Waals surface area contributed by atoms with E-state index in [0.717, 1.165) is 19.9 Å². The molecule has 6 nitrogen and oxygen atoms in total. The predicted molar refractivity (Wildman–Crippen MR) is 144 cm³/mol. The van der Waals surface area contributed by atoms with Crippen molar-refractivity contribution < 1.29 is 19.4 Å². The number of rotatable bonds is 7. The molecule has 2 N–H and O–H groups in total. The maximum absolute atomic E-state index is 12.6. The zero-order chi connectivity index (χ0) is 24.8. The Kier molecular flexibility index (Phi) is 7.53. The summed E-state index contributed by atoms with van der Waals surface area (Å²) in [7, 11) is 1.55. The van der Waals surface area contributed by atoms with Crippen molar-refractivity contribution >= 4 is 51.0 Å². The molecule has 0 aliphatic heterocycles. The number of carbonyl (C=O) groups excluding carboxylic acids is 1. The van der Waals surface area contributed by atoms with Gasteiger partial charge in [0.25, 0.3) is 5.91 Å². The quantitative estimate of drug-likeness (QED) is 0.117. The zero-order valence-electron chi connectivity index (χ0n) is 18.8. The molecule has 4 aromatic carbocycles. The predicted octanol–water partition coefficient (Wildman–Crippen LogP) is 6.28. The summed E-state index contributed by atoms with van der Waals surface area (Å²) < 4.78 is 12.5. The van der Waals surface area contributed by atoms with Gasteiger partial charge in [-0.1, -0.05) is 42.5 Å². The van der Waals surface area contributed by atoms with Crippen LogP contribution in [0.2, 0.25) is 0 Å². The Morgan fingerprint density at radius 3 is 2.57 bits per heavy atom. The third-order valence-corrected chi connectivity index (χ3v) is 6.11. The molecule has 0 spiro atoms. The minimum absolute atomic E-state index is 0.0691. The number of anilines is 1. The molecule has 0 bridgehead atoms. The van der Waals surface area contributed by atoms with Gasteiger partial charge in [-0.25, -0.2) is 0 Å². The van der Waals surface area contributed by atoms with Gasteiger partial charge in [-0.2, -0.15) is 5.26 Å². The second kappa shape index (κ2) is 10.9. The van der Waals surface area contributed by atoms with Crippen LogP contribution in [-0.4, -0.2) is 18.1 Å². The number of phenolic OH excluding ortho intramolecular Hbond substituents is 1. The number of carbonyl (C=O) groups is 1. The van der Waals surface area contributed by atoms with E-state index in [0.29, 0.717) is 29.4 Å². The van der Waals surface area contributed by atoms with Gasteiger partial charge >= 0.3 is 0 Å². The van der Waals surface area contributed by atoms with Crippen molar-refractivity contribution in [2.45, 2.75) is 6.61 Å². The molecule has 0 aliphatic rings. The first-order valence-corrected chi connectivity index (χ1v) is 11.8. The van der Waals surface area contributed by atoms with E-state index < -0.39 is 5.91 Å². The van der Waals surface area contributed by atoms with Gasteiger partial charge in [-0.3, -0.25) is 4.79 Å². The number of benzene rings is 4. The smallest absolute Gasteiger partial charge is 0.266 e. The highest BCUT2D eigenvalue weighted by Crippen LogP contribution is 2.35. The van der Waals surface area contributed by atoms with E-state index >= 15 is 0 Å². The van der Waals surface area contributed by atoms with Gasteiger partial charge in [0.1, 0.15) is 24.0 Å². The number of ether oxygens (including phenoxy) is 2. The number of nitrogens with one attached hydrogen (secondary N) is 1. The summed E-state index contributed by atoms with van der Waals surface area (Å²) in [4.78, 5) is 12.6. The summed E-state index contributed by atoms with van der Waals surface area (Å²) in [6.07, 6.45) is 1.49. The summed E-state index contributed by atoms with van der Waals surface area (Å²) in [5.74, 6) is 0.622. The van der Waals surface area contributed by atoms with Gasteiger partial charge in [-0.15, -0.1) is 0 Å². The lowest BCUT2D eigenvalue weighted by atomic mass is 10.1. The Hall–Kier alpha value is -4.03. The highest BCUT2D eigenvalue weighted by Gasteiger charge is 2.15. The number of hydrogen-bond donors (Lipinski definition) is 2. The molecule has 35 heavy (non-hydrogen) atoms. The zero-order valence-corrected chi connectivity index (χ0v) is 20.9. The highest BCUT2D eigenvalue weighted by atomic mass is 127. The van der Waals surface area contributed by atoms with Crippen molar-refractivity contribution in [3.8, 4) is 23.3 Å². The summed E-state index contributed by atoms with van der Waals surface area (Å²) in [6, 6.07) is 25.7. The highest BCUT2D eigenvalue weighted by molar-refractivity contribution is 14.1. The number of phenols is 1. The monoisotopic (exact) mass is 576 g/mol. The average molecular weight is 576 g/mol. The van der Waals surface area contributed by atoms with Crippen LogP contribution >= 0.6 is 22.6 Å².